The van der Waals surface area contributed by atoms with E-state index in [0.717, 1.165) is 11.3 Å². The second kappa shape index (κ2) is 8.98. The minimum Gasteiger partial charge on any atom is -0.493 e. The molecule has 0 radical (unpaired) electrons. The van der Waals surface area contributed by atoms with Gasteiger partial charge >= 0.3 is 0 Å². The SMILES string of the molecule is COc1ccc(-c2csc(C(C#N)=CNc3cc(Cl)ccc3Cl)n2)cc1OC. The fourth-order valence-electron chi connectivity index (χ4n) is 2.43. The topological polar surface area (TPSA) is 67.2 Å². The summed E-state index contributed by atoms with van der Waals surface area (Å²) in [6, 6.07) is 12.8. The summed E-state index contributed by atoms with van der Waals surface area (Å²) in [5, 5.41) is 16.1. The van der Waals surface area contributed by atoms with Crippen LogP contribution in [0.25, 0.3) is 16.8 Å². The maximum atomic E-state index is 9.52. The van der Waals surface area contributed by atoms with Gasteiger partial charge in [-0.25, -0.2) is 4.98 Å². The van der Waals surface area contributed by atoms with Crippen LogP contribution < -0.4 is 14.8 Å². The first-order valence-electron chi connectivity index (χ1n) is 8.06. The zero-order valence-electron chi connectivity index (χ0n) is 15.0. The molecule has 1 aromatic heterocycles. The lowest BCUT2D eigenvalue weighted by Gasteiger charge is -2.08. The quantitative estimate of drug-likeness (QED) is 0.476. The van der Waals surface area contributed by atoms with Crippen molar-refractivity contribution in [2.24, 2.45) is 0 Å². The van der Waals surface area contributed by atoms with Crippen LogP contribution in [0.15, 0.2) is 48.0 Å². The van der Waals surface area contributed by atoms with Gasteiger partial charge in [-0.1, -0.05) is 23.2 Å². The van der Waals surface area contributed by atoms with Gasteiger partial charge in [0.2, 0.25) is 0 Å². The van der Waals surface area contributed by atoms with Crippen molar-refractivity contribution >= 4 is 45.8 Å². The number of anilines is 1. The van der Waals surface area contributed by atoms with Gasteiger partial charge in [0.25, 0.3) is 0 Å². The van der Waals surface area contributed by atoms with Crippen molar-refractivity contribution in [3.05, 3.63) is 63.0 Å². The lowest BCUT2D eigenvalue weighted by Crippen LogP contribution is -1.92. The minimum absolute atomic E-state index is 0.382. The molecule has 1 N–H and O–H groups in total. The Morgan fingerprint density at radius 2 is 1.93 bits per heavy atom. The monoisotopic (exact) mass is 431 g/mol. The van der Waals surface area contributed by atoms with Gasteiger partial charge in [-0.2, -0.15) is 5.26 Å². The number of allylic oxidation sites excluding steroid dienone is 1. The van der Waals surface area contributed by atoms with E-state index in [4.69, 9.17) is 32.7 Å². The van der Waals surface area contributed by atoms with Gasteiger partial charge in [0.15, 0.2) is 11.5 Å². The van der Waals surface area contributed by atoms with Crippen molar-refractivity contribution in [2.75, 3.05) is 19.5 Å². The summed E-state index contributed by atoms with van der Waals surface area (Å²) < 4.78 is 10.6. The number of nitrogens with one attached hydrogen (secondary N) is 1. The fourth-order valence-corrected chi connectivity index (χ4v) is 3.56. The number of nitrogens with zero attached hydrogens (tertiary/aromatic N) is 2. The maximum absolute atomic E-state index is 9.52. The van der Waals surface area contributed by atoms with E-state index in [9.17, 15) is 5.26 Å². The molecule has 0 atom stereocenters. The molecule has 0 saturated heterocycles. The van der Waals surface area contributed by atoms with Crippen LogP contribution in [0, 0.1) is 11.3 Å². The van der Waals surface area contributed by atoms with Gasteiger partial charge in [-0.05, 0) is 36.4 Å². The van der Waals surface area contributed by atoms with Crippen molar-refractivity contribution < 1.29 is 9.47 Å². The number of methoxy groups -OCH3 is 2. The predicted molar refractivity (Wildman–Crippen MR) is 114 cm³/mol. The third-order valence-electron chi connectivity index (χ3n) is 3.83. The van der Waals surface area contributed by atoms with E-state index in [1.165, 1.54) is 11.3 Å². The summed E-state index contributed by atoms with van der Waals surface area (Å²) in [5.41, 5.74) is 2.59. The molecule has 0 aliphatic carbocycles. The normalized spacial score (nSPS) is 11.0. The van der Waals surface area contributed by atoms with Crippen molar-refractivity contribution in [3.8, 4) is 28.8 Å². The zero-order chi connectivity index (χ0) is 20.1. The van der Waals surface area contributed by atoms with Crippen molar-refractivity contribution in [1.29, 1.82) is 5.26 Å². The molecule has 0 saturated carbocycles. The molecule has 0 amide bonds. The van der Waals surface area contributed by atoms with Crippen LogP contribution in [0.1, 0.15) is 5.01 Å². The van der Waals surface area contributed by atoms with Crippen LogP contribution in [-0.4, -0.2) is 19.2 Å². The van der Waals surface area contributed by atoms with Gasteiger partial charge in [-0.15, -0.1) is 11.3 Å². The Labute approximate surface area is 176 Å². The summed E-state index contributed by atoms with van der Waals surface area (Å²) in [6.45, 7) is 0. The molecule has 0 fully saturated rings. The molecule has 0 aliphatic rings. The average Bonchev–Trinajstić information content (AvgIpc) is 3.20. The molecule has 0 unspecified atom stereocenters. The van der Waals surface area contributed by atoms with E-state index in [1.807, 2.05) is 23.6 Å². The number of thiazole rings is 1. The van der Waals surface area contributed by atoms with Gasteiger partial charge < -0.3 is 14.8 Å². The molecule has 142 valence electrons. The molecule has 3 rings (SSSR count). The van der Waals surface area contributed by atoms with Gasteiger partial charge in [-0.3, -0.25) is 0 Å². The van der Waals surface area contributed by atoms with Crippen molar-refractivity contribution in [2.45, 2.75) is 0 Å². The number of aromatic nitrogens is 1. The highest BCUT2D eigenvalue weighted by Gasteiger charge is 2.12. The largest absolute Gasteiger partial charge is 0.493 e. The first-order chi connectivity index (χ1) is 13.5. The number of benzene rings is 2. The Morgan fingerprint density at radius 3 is 2.64 bits per heavy atom. The van der Waals surface area contributed by atoms with Gasteiger partial charge in [0, 0.05) is 22.2 Å². The molecule has 3 aromatic rings. The lowest BCUT2D eigenvalue weighted by atomic mass is 10.1. The Morgan fingerprint density at radius 1 is 1.14 bits per heavy atom. The van der Waals surface area contributed by atoms with Gasteiger partial charge in [0.1, 0.15) is 16.6 Å². The number of nitriles is 1. The smallest absolute Gasteiger partial charge is 0.161 e. The van der Waals surface area contributed by atoms with Crippen LogP contribution in [0.5, 0.6) is 11.5 Å². The van der Waals surface area contributed by atoms with E-state index in [1.54, 1.807) is 38.6 Å². The number of halogens is 2. The second-order valence-electron chi connectivity index (χ2n) is 5.55. The summed E-state index contributed by atoms with van der Waals surface area (Å²) >= 11 is 13.5. The Kier molecular flexibility index (Phi) is 6.42. The summed E-state index contributed by atoms with van der Waals surface area (Å²) in [5.74, 6) is 1.25. The van der Waals surface area contributed by atoms with E-state index in [2.05, 4.69) is 16.4 Å². The third-order valence-corrected chi connectivity index (χ3v) is 5.28. The van der Waals surface area contributed by atoms with E-state index in [0.29, 0.717) is 37.8 Å². The molecule has 5 nitrogen and oxygen atoms in total. The van der Waals surface area contributed by atoms with E-state index >= 15 is 0 Å². The first-order valence-corrected chi connectivity index (χ1v) is 9.69. The highest BCUT2D eigenvalue weighted by molar-refractivity contribution is 7.11. The van der Waals surface area contributed by atoms with Gasteiger partial charge in [0.05, 0.1) is 30.6 Å². The average molecular weight is 432 g/mol. The third kappa shape index (κ3) is 4.39. The second-order valence-corrected chi connectivity index (χ2v) is 7.25. The predicted octanol–water partition coefficient (Wildman–Crippen LogP) is 6.11. The number of hydrogen-bond donors (Lipinski definition) is 1. The summed E-state index contributed by atoms with van der Waals surface area (Å²) in [6.07, 6.45) is 1.56. The van der Waals surface area contributed by atoms with Crippen LogP contribution in [0.2, 0.25) is 10.0 Å². The molecule has 1 heterocycles. The van der Waals surface area contributed by atoms with Crippen LogP contribution in [0.3, 0.4) is 0 Å². The molecule has 0 bridgehead atoms. The number of hydrogen-bond acceptors (Lipinski definition) is 6. The highest BCUT2D eigenvalue weighted by Crippen LogP contribution is 2.34. The van der Waals surface area contributed by atoms with E-state index in [-0.39, 0.29) is 0 Å². The minimum atomic E-state index is 0.382. The molecule has 8 heteroatoms. The highest BCUT2D eigenvalue weighted by atomic mass is 35.5. The number of rotatable bonds is 6. The number of ether oxygens (including phenoxy) is 2. The Balaban J connectivity index is 1.87. The molecular weight excluding hydrogens is 417 g/mol. The van der Waals surface area contributed by atoms with Crippen LogP contribution >= 0.6 is 34.5 Å². The molecule has 0 spiro atoms. The Bertz CT molecular complexity index is 1070. The maximum Gasteiger partial charge on any atom is 0.161 e. The van der Waals surface area contributed by atoms with Crippen molar-refractivity contribution in [3.63, 3.8) is 0 Å². The van der Waals surface area contributed by atoms with Crippen LogP contribution in [-0.2, 0) is 0 Å². The molecule has 0 aliphatic heterocycles. The lowest BCUT2D eigenvalue weighted by molar-refractivity contribution is 0.355. The summed E-state index contributed by atoms with van der Waals surface area (Å²) in [7, 11) is 3.17. The first kappa shape index (κ1) is 20.0. The molecule has 2 aromatic carbocycles. The van der Waals surface area contributed by atoms with Crippen molar-refractivity contribution in [1.82, 2.24) is 4.98 Å². The Hall–Kier alpha value is -2.72. The molecule has 28 heavy (non-hydrogen) atoms. The zero-order valence-corrected chi connectivity index (χ0v) is 17.3. The fraction of sp³-hybridized carbons (Fsp3) is 0.100. The standard InChI is InChI=1S/C20H15Cl2N3O2S/c1-26-18-6-3-12(7-19(18)27-2)17-11-28-20(25-17)13(9-23)10-24-16-8-14(21)4-5-15(16)22/h3-8,10-11,24H,1-2H3. The van der Waals surface area contributed by atoms with E-state index < -0.39 is 0 Å². The summed E-state index contributed by atoms with van der Waals surface area (Å²) in [4.78, 5) is 4.57. The molecular formula is C20H15Cl2N3O2S. The van der Waals surface area contributed by atoms with Crippen LogP contribution in [0.4, 0.5) is 5.69 Å².